The fraction of sp³-hybridized carbons (Fsp3) is 0.0500. The molecule has 112 valence electrons. The van der Waals surface area contributed by atoms with E-state index in [0.717, 1.165) is 16.7 Å². The van der Waals surface area contributed by atoms with Gasteiger partial charge in [0.05, 0.1) is 12.7 Å². The van der Waals surface area contributed by atoms with E-state index in [1.165, 1.54) is 7.11 Å². The molecule has 0 fully saturated rings. The number of hydrogen-bond donors (Lipinski definition) is 0. The summed E-state index contributed by atoms with van der Waals surface area (Å²) in [5.74, 6) is -0.558. The highest BCUT2D eigenvalue weighted by Crippen LogP contribution is 2.36. The van der Waals surface area contributed by atoms with Gasteiger partial charge in [-0.3, -0.25) is 0 Å². The quantitative estimate of drug-likeness (QED) is 0.679. The molecule has 23 heavy (non-hydrogen) atoms. The lowest BCUT2D eigenvalue weighted by Crippen LogP contribution is -1.96. The second kappa shape index (κ2) is 6.33. The van der Waals surface area contributed by atoms with Crippen molar-refractivity contribution in [1.29, 1.82) is 5.26 Å². The van der Waals surface area contributed by atoms with Crippen LogP contribution in [0.1, 0.15) is 5.56 Å². The number of nitriles is 1. The lowest BCUT2D eigenvalue weighted by molar-refractivity contribution is 0.386. The highest BCUT2D eigenvalue weighted by Gasteiger charge is 2.17. The van der Waals surface area contributed by atoms with Crippen molar-refractivity contribution in [3.63, 3.8) is 0 Å². The summed E-state index contributed by atoms with van der Waals surface area (Å²) >= 11 is 0. The number of benzene rings is 3. The molecule has 0 saturated carbocycles. The molecule has 0 aliphatic heterocycles. The summed E-state index contributed by atoms with van der Waals surface area (Å²) in [7, 11) is 1.39. The predicted octanol–water partition coefficient (Wildman–Crippen LogP) is 5.04. The zero-order chi connectivity index (χ0) is 16.2. The van der Waals surface area contributed by atoms with Gasteiger partial charge in [0.1, 0.15) is 6.07 Å². The van der Waals surface area contributed by atoms with Gasteiger partial charge in [0.2, 0.25) is 0 Å². The first kappa shape index (κ1) is 14.8. The summed E-state index contributed by atoms with van der Waals surface area (Å²) in [6.07, 6.45) is 0. The van der Waals surface area contributed by atoms with Crippen LogP contribution < -0.4 is 4.74 Å². The van der Waals surface area contributed by atoms with Gasteiger partial charge in [-0.25, -0.2) is 4.39 Å². The summed E-state index contributed by atoms with van der Waals surface area (Å²) < 4.78 is 19.4. The first-order valence-electron chi connectivity index (χ1n) is 7.17. The van der Waals surface area contributed by atoms with Crippen LogP contribution >= 0.6 is 0 Å². The molecule has 0 aliphatic rings. The van der Waals surface area contributed by atoms with Crippen LogP contribution in [-0.4, -0.2) is 7.11 Å². The van der Waals surface area contributed by atoms with Crippen molar-refractivity contribution in [2.75, 3.05) is 7.11 Å². The fourth-order valence-electron chi connectivity index (χ4n) is 2.64. The van der Waals surface area contributed by atoms with Gasteiger partial charge in [-0.15, -0.1) is 0 Å². The van der Waals surface area contributed by atoms with E-state index in [0.29, 0.717) is 5.56 Å². The lowest BCUT2D eigenvalue weighted by Gasteiger charge is -2.13. The Balaban J connectivity index is 2.26. The topological polar surface area (TPSA) is 33.0 Å². The van der Waals surface area contributed by atoms with Crippen LogP contribution in [-0.2, 0) is 0 Å². The highest BCUT2D eigenvalue weighted by molar-refractivity contribution is 5.86. The van der Waals surface area contributed by atoms with Crippen molar-refractivity contribution in [2.45, 2.75) is 0 Å². The van der Waals surface area contributed by atoms with E-state index < -0.39 is 5.82 Å². The molecule has 0 saturated heterocycles. The molecule has 0 heterocycles. The third kappa shape index (κ3) is 2.67. The van der Waals surface area contributed by atoms with Gasteiger partial charge in [0.25, 0.3) is 0 Å². The molecular formula is C20H14FNO. The third-order valence-electron chi connectivity index (χ3n) is 3.74. The standard InChI is InChI=1S/C20H14FNO/c1-23-19-12-11-17(18(13-22)20(19)21)16-10-6-5-9-15(16)14-7-3-2-4-8-14/h2-12H,1H3. The van der Waals surface area contributed by atoms with Gasteiger partial charge in [-0.2, -0.15) is 5.26 Å². The van der Waals surface area contributed by atoms with Crippen LogP contribution in [0.2, 0.25) is 0 Å². The molecular weight excluding hydrogens is 289 g/mol. The SMILES string of the molecule is COc1ccc(-c2ccccc2-c2ccccc2)c(C#N)c1F. The molecule has 0 radical (unpaired) electrons. The number of methoxy groups -OCH3 is 1. The maximum atomic E-state index is 14.4. The van der Waals surface area contributed by atoms with Crippen LogP contribution in [0.4, 0.5) is 4.39 Å². The van der Waals surface area contributed by atoms with Gasteiger partial charge >= 0.3 is 0 Å². The molecule has 3 rings (SSSR count). The maximum absolute atomic E-state index is 14.4. The zero-order valence-corrected chi connectivity index (χ0v) is 12.6. The third-order valence-corrected chi connectivity index (χ3v) is 3.74. The average molecular weight is 303 g/mol. The Morgan fingerprint density at radius 2 is 1.48 bits per heavy atom. The summed E-state index contributed by atoms with van der Waals surface area (Å²) in [6.45, 7) is 0. The number of halogens is 1. The molecule has 0 aliphatic carbocycles. The molecule has 3 aromatic rings. The van der Waals surface area contributed by atoms with Gasteiger partial charge in [0.15, 0.2) is 11.6 Å². The van der Waals surface area contributed by atoms with E-state index in [1.807, 2.05) is 60.7 Å². The summed E-state index contributed by atoms with van der Waals surface area (Å²) in [5.41, 5.74) is 3.34. The molecule has 0 N–H and O–H groups in total. The largest absolute Gasteiger partial charge is 0.494 e. The maximum Gasteiger partial charge on any atom is 0.183 e. The first-order valence-corrected chi connectivity index (χ1v) is 7.17. The highest BCUT2D eigenvalue weighted by atomic mass is 19.1. The molecule has 0 amide bonds. The minimum Gasteiger partial charge on any atom is -0.494 e. The lowest BCUT2D eigenvalue weighted by atomic mass is 9.92. The zero-order valence-electron chi connectivity index (χ0n) is 12.6. The van der Waals surface area contributed by atoms with Crippen molar-refractivity contribution in [2.24, 2.45) is 0 Å². The number of hydrogen-bond acceptors (Lipinski definition) is 2. The van der Waals surface area contributed by atoms with Gasteiger partial charge in [0, 0.05) is 5.56 Å². The van der Waals surface area contributed by atoms with Crippen molar-refractivity contribution >= 4 is 0 Å². The smallest absolute Gasteiger partial charge is 0.183 e. The van der Waals surface area contributed by atoms with Gasteiger partial charge < -0.3 is 4.74 Å². The Morgan fingerprint density at radius 1 is 0.826 bits per heavy atom. The molecule has 0 bridgehead atoms. The number of rotatable bonds is 3. The first-order chi connectivity index (χ1) is 11.3. The van der Waals surface area contributed by atoms with Crippen molar-refractivity contribution < 1.29 is 9.13 Å². The predicted molar refractivity (Wildman–Crippen MR) is 88.5 cm³/mol. The molecule has 3 aromatic carbocycles. The second-order valence-electron chi connectivity index (χ2n) is 5.03. The van der Waals surface area contributed by atoms with Crippen LogP contribution in [0, 0.1) is 17.1 Å². The molecule has 0 aromatic heterocycles. The summed E-state index contributed by atoms with van der Waals surface area (Å²) in [6, 6.07) is 22.7. The average Bonchev–Trinajstić information content (AvgIpc) is 2.62. The normalized spacial score (nSPS) is 10.1. The summed E-state index contributed by atoms with van der Waals surface area (Å²) in [5, 5.41) is 9.40. The fourth-order valence-corrected chi connectivity index (χ4v) is 2.64. The van der Waals surface area contributed by atoms with E-state index in [-0.39, 0.29) is 11.3 Å². The molecule has 0 spiro atoms. The van der Waals surface area contributed by atoms with Crippen molar-refractivity contribution in [3.8, 4) is 34.1 Å². The Hall–Kier alpha value is -3.12. The number of ether oxygens (including phenoxy) is 1. The Bertz CT molecular complexity index is 882. The summed E-state index contributed by atoms with van der Waals surface area (Å²) in [4.78, 5) is 0. The van der Waals surface area contributed by atoms with E-state index >= 15 is 0 Å². The Morgan fingerprint density at radius 3 is 2.13 bits per heavy atom. The van der Waals surface area contributed by atoms with Crippen molar-refractivity contribution in [1.82, 2.24) is 0 Å². The minimum absolute atomic E-state index is 0.00673. The van der Waals surface area contributed by atoms with Crippen molar-refractivity contribution in [3.05, 3.63) is 78.1 Å². The Labute approximate surface area is 134 Å². The van der Waals surface area contributed by atoms with Crippen LogP contribution in [0.3, 0.4) is 0 Å². The van der Waals surface area contributed by atoms with E-state index in [4.69, 9.17) is 4.74 Å². The Kier molecular flexibility index (Phi) is 4.07. The van der Waals surface area contributed by atoms with E-state index in [2.05, 4.69) is 0 Å². The molecule has 2 nitrogen and oxygen atoms in total. The van der Waals surface area contributed by atoms with E-state index in [9.17, 15) is 9.65 Å². The van der Waals surface area contributed by atoms with E-state index in [1.54, 1.807) is 12.1 Å². The van der Waals surface area contributed by atoms with Crippen LogP contribution in [0.5, 0.6) is 5.75 Å². The van der Waals surface area contributed by atoms with Gasteiger partial charge in [-0.05, 0) is 28.8 Å². The molecule has 3 heteroatoms. The van der Waals surface area contributed by atoms with Crippen LogP contribution in [0.25, 0.3) is 22.3 Å². The minimum atomic E-state index is -0.629. The second-order valence-corrected chi connectivity index (χ2v) is 5.03. The van der Waals surface area contributed by atoms with Crippen LogP contribution in [0.15, 0.2) is 66.7 Å². The number of nitrogens with zero attached hydrogens (tertiary/aromatic N) is 1. The monoisotopic (exact) mass is 303 g/mol. The molecule has 0 unspecified atom stereocenters. The molecule has 0 atom stereocenters. The van der Waals surface area contributed by atoms with Gasteiger partial charge in [-0.1, -0.05) is 54.6 Å².